The second-order valence-corrected chi connectivity index (χ2v) is 8.94. The maximum atomic E-state index is 11.8. The van der Waals surface area contributed by atoms with Crippen molar-refractivity contribution >= 4 is 5.78 Å². The molecule has 0 saturated heterocycles. The Hall–Kier alpha value is -2.84. The van der Waals surface area contributed by atoms with Gasteiger partial charge in [-0.3, -0.25) is 4.79 Å². The molecule has 1 atom stereocenters. The zero-order valence-corrected chi connectivity index (χ0v) is 21.0. The number of likely N-dealkylation sites (N-methyl/N-ethyl adjacent to an activating group) is 1. The Morgan fingerprint density at radius 2 is 1.73 bits per heavy atom. The number of nitrogens with zero attached hydrogens (tertiary/aromatic N) is 2. The average molecular weight is 451 g/mol. The molecule has 1 unspecified atom stereocenters. The maximum Gasteiger partial charge on any atom is 0.162 e. The smallest absolute Gasteiger partial charge is 0.162 e. The standard InChI is InChI=1S/C28H38N2O3/c1-7-25(31)23-11-9-22(10-12-23)15-18-30(4)17-8-16-28(20-29,21(2)3)24-13-14-26(32-5)27(19-24)33-6/h9-14,19,21H,7-8,15-18H2,1-6H3. The summed E-state index contributed by atoms with van der Waals surface area (Å²) in [5.74, 6) is 1.66. The quantitative estimate of drug-likeness (QED) is 0.368. The van der Waals surface area contributed by atoms with Gasteiger partial charge in [-0.1, -0.05) is 51.1 Å². The van der Waals surface area contributed by atoms with Crippen molar-refractivity contribution in [1.82, 2.24) is 4.90 Å². The fraction of sp³-hybridized carbons (Fsp3) is 0.500. The van der Waals surface area contributed by atoms with Gasteiger partial charge < -0.3 is 14.4 Å². The van der Waals surface area contributed by atoms with E-state index in [0.29, 0.717) is 17.9 Å². The minimum Gasteiger partial charge on any atom is -0.493 e. The maximum absolute atomic E-state index is 11.8. The van der Waals surface area contributed by atoms with Crippen LogP contribution in [0, 0.1) is 17.2 Å². The molecule has 0 radical (unpaired) electrons. The lowest BCUT2D eigenvalue weighted by atomic mass is 9.69. The van der Waals surface area contributed by atoms with E-state index < -0.39 is 5.41 Å². The molecule has 33 heavy (non-hydrogen) atoms. The van der Waals surface area contributed by atoms with E-state index in [9.17, 15) is 10.1 Å². The topological polar surface area (TPSA) is 62.6 Å². The van der Waals surface area contributed by atoms with E-state index in [4.69, 9.17) is 9.47 Å². The Kier molecular flexibility index (Phi) is 9.94. The SMILES string of the molecule is CCC(=O)c1ccc(CCN(C)CCCC(C#N)(c2ccc(OC)c(OC)c2)C(C)C)cc1. The molecule has 0 saturated carbocycles. The Morgan fingerprint density at radius 3 is 2.27 bits per heavy atom. The van der Waals surface area contributed by atoms with Crippen molar-refractivity contribution in [3.8, 4) is 17.6 Å². The van der Waals surface area contributed by atoms with Gasteiger partial charge in [0.25, 0.3) is 0 Å². The second kappa shape index (κ2) is 12.4. The van der Waals surface area contributed by atoms with Crippen LogP contribution >= 0.6 is 0 Å². The van der Waals surface area contributed by atoms with Crippen LogP contribution in [0.15, 0.2) is 42.5 Å². The highest BCUT2D eigenvalue weighted by Crippen LogP contribution is 2.40. The van der Waals surface area contributed by atoms with Crippen LogP contribution in [-0.2, 0) is 11.8 Å². The molecule has 0 aliphatic rings. The van der Waals surface area contributed by atoms with Crippen LogP contribution < -0.4 is 9.47 Å². The van der Waals surface area contributed by atoms with Crippen molar-refractivity contribution < 1.29 is 14.3 Å². The minimum atomic E-state index is -0.581. The number of hydrogen-bond donors (Lipinski definition) is 0. The lowest BCUT2D eigenvalue weighted by molar-refractivity contribution is 0.0988. The van der Waals surface area contributed by atoms with E-state index in [1.165, 1.54) is 5.56 Å². The summed E-state index contributed by atoms with van der Waals surface area (Å²) < 4.78 is 10.8. The Bertz CT molecular complexity index is 947. The normalized spacial score (nSPS) is 12.9. The highest BCUT2D eigenvalue weighted by atomic mass is 16.5. The molecule has 0 aliphatic carbocycles. The van der Waals surface area contributed by atoms with Crippen molar-refractivity contribution in [3.63, 3.8) is 0 Å². The van der Waals surface area contributed by atoms with Gasteiger partial charge in [0.1, 0.15) is 0 Å². The molecule has 178 valence electrons. The lowest BCUT2D eigenvalue weighted by Crippen LogP contribution is -2.32. The van der Waals surface area contributed by atoms with Crippen LogP contribution in [0.25, 0.3) is 0 Å². The third-order valence-corrected chi connectivity index (χ3v) is 6.57. The molecule has 0 spiro atoms. The van der Waals surface area contributed by atoms with Gasteiger partial charge >= 0.3 is 0 Å². The average Bonchev–Trinajstić information content (AvgIpc) is 2.84. The number of rotatable bonds is 13. The first kappa shape index (κ1) is 26.4. The summed E-state index contributed by atoms with van der Waals surface area (Å²) in [6.45, 7) is 7.94. The molecule has 2 rings (SSSR count). The molecule has 2 aromatic rings. The molecule has 2 aromatic carbocycles. The lowest BCUT2D eigenvalue weighted by Gasteiger charge is -2.32. The first-order valence-corrected chi connectivity index (χ1v) is 11.8. The largest absolute Gasteiger partial charge is 0.493 e. The highest BCUT2D eigenvalue weighted by molar-refractivity contribution is 5.95. The fourth-order valence-corrected chi connectivity index (χ4v) is 4.25. The molecule has 0 bridgehead atoms. The highest BCUT2D eigenvalue weighted by Gasteiger charge is 2.36. The van der Waals surface area contributed by atoms with Crippen molar-refractivity contribution in [2.24, 2.45) is 5.92 Å². The molecule has 0 aromatic heterocycles. The Morgan fingerprint density at radius 1 is 1.06 bits per heavy atom. The van der Waals surface area contributed by atoms with Crippen molar-refractivity contribution in [3.05, 3.63) is 59.2 Å². The first-order chi connectivity index (χ1) is 15.8. The van der Waals surface area contributed by atoms with E-state index in [0.717, 1.165) is 43.5 Å². The molecule has 0 N–H and O–H groups in total. The van der Waals surface area contributed by atoms with E-state index in [-0.39, 0.29) is 11.7 Å². The summed E-state index contributed by atoms with van der Waals surface area (Å²) in [4.78, 5) is 14.1. The first-order valence-electron chi connectivity index (χ1n) is 11.8. The summed E-state index contributed by atoms with van der Waals surface area (Å²) in [6, 6.07) is 16.4. The van der Waals surface area contributed by atoms with Gasteiger partial charge in [-0.2, -0.15) is 5.26 Å². The minimum absolute atomic E-state index is 0.162. The van der Waals surface area contributed by atoms with Crippen LogP contribution in [0.1, 0.15) is 61.5 Å². The van der Waals surface area contributed by atoms with Gasteiger partial charge in [0.15, 0.2) is 17.3 Å². The molecule has 0 amide bonds. The number of nitriles is 1. The van der Waals surface area contributed by atoms with Crippen LogP contribution in [-0.4, -0.2) is 45.0 Å². The zero-order chi connectivity index (χ0) is 24.4. The number of methoxy groups -OCH3 is 2. The summed E-state index contributed by atoms with van der Waals surface area (Å²) in [5, 5.41) is 10.2. The second-order valence-electron chi connectivity index (χ2n) is 8.94. The molecule has 0 fully saturated rings. The van der Waals surface area contributed by atoms with Gasteiger partial charge in [-0.25, -0.2) is 0 Å². The van der Waals surface area contributed by atoms with Gasteiger partial charge in [0.05, 0.1) is 25.7 Å². The summed E-state index contributed by atoms with van der Waals surface area (Å²) >= 11 is 0. The van der Waals surface area contributed by atoms with Crippen molar-refractivity contribution in [2.75, 3.05) is 34.4 Å². The number of ether oxygens (including phenoxy) is 2. The molecule has 5 nitrogen and oxygen atoms in total. The third-order valence-electron chi connectivity index (χ3n) is 6.57. The number of ketones is 1. The summed E-state index contributed by atoms with van der Waals surface area (Å²) in [5.41, 5.74) is 2.41. The number of hydrogen-bond acceptors (Lipinski definition) is 5. The van der Waals surface area contributed by atoms with Crippen LogP contribution in [0.2, 0.25) is 0 Å². The van der Waals surface area contributed by atoms with Crippen molar-refractivity contribution in [2.45, 2.75) is 51.9 Å². The molecule has 5 heteroatoms. The Labute approximate surface area is 199 Å². The van der Waals surface area contributed by atoms with E-state index in [1.54, 1.807) is 14.2 Å². The number of carbonyl (C=O) groups is 1. The van der Waals surface area contributed by atoms with Crippen LogP contribution in [0.5, 0.6) is 11.5 Å². The van der Waals surface area contributed by atoms with Crippen LogP contribution in [0.4, 0.5) is 0 Å². The van der Waals surface area contributed by atoms with Crippen molar-refractivity contribution in [1.29, 1.82) is 5.26 Å². The van der Waals surface area contributed by atoms with Gasteiger partial charge in [0.2, 0.25) is 0 Å². The number of Topliss-reactive ketones (excluding diaryl/α,β-unsaturated/α-hetero) is 1. The third kappa shape index (κ3) is 6.58. The Balaban J connectivity index is 1.99. The van der Waals surface area contributed by atoms with Gasteiger partial charge in [-0.15, -0.1) is 0 Å². The molecule has 0 aliphatic heterocycles. The zero-order valence-electron chi connectivity index (χ0n) is 21.0. The monoisotopic (exact) mass is 450 g/mol. The molecular weight excluding hydrogens is 412 g/mol. The van der Waals surface area contributed by atoms with E-state index in [2.05, 4.69) is 31.9 Å². The van der Waals surface area contributed by atoms with Gasteiger partial charge in [-0.05, 0) is 62.0 Å². The fourth-order valence-electron chi connectivity index (χ4n) is 4.25. The molecule has 0 heterocycles. The molecular formula is C28H38N2O3. The summed E-state index contributed by atoms with van der Waals surface area (Å²) in [7, 11) is 5.36. The van der Waals surface area contributed by atoms with Crippen LogP contribution in [0.3, 0.4) is 0 Å². The van der Waals surface area contributed by atoms with E-state index >= 15 is 0 Å². The summed E-state index contributed by atoms with van der Waals surface area (Å²) in [6.07, 6.45) is 3.15. The number of benzene rings is 2. The number of carbonyl (C=O) groups excluding carboxylic acids is 1. The predicted octanol–water partition coefficient (Wildman–Crippen LogP) is 5.67. The van der Waals surface area contributed by atoms with E-state index in [1.807, 2.05) is 49.4 Å². The van der Waals surface area contributed by atoms with Gasteiger partial charge in [0, 0.05) is 18.5 Å². The predicted molar refractivity (Wildman–Crippen MR) is 133 cm³/mol.